The van der Waals surface area contributed by atoms with Crippen molar-refractivity contribution in [2.24, 2.45) is 11.7 Å². The molecule has 240 valence electrons. The molecule has 2 heterocycles. The first-order valence-electron chi connectivity index (χ1n) is 14.9. The van der Waals surface area contributed by atoms with Crippen molar-refractivity contribution in [2.45, 2.75) is 88.9 Å². The van der Waals surface area contributed by atoms with E-state index in [0.29, 0.717) is 70.3 Å². The molecule has 0 aliphatic carbocycles. The summed E-state index contributed by atoms with van der Waals surface area (Å²) in [7, 11) is 0. The first-order chi connectivity index (χ1) is 20.5. The topological polar surface area (TPSA) is 191 Å². The van der Waals surface area contributed by atoms with Gasteiger partial charge in [0.2, 0.25) is 11.8 Å². The number of benzene rings is 1. The average Bonchev–Trinajstić information content (AvgIpc) is 3.69. The number of unbranched alkanes of at least 4 members (excludes halogenated alkanes) is 1. The van der Waals surface area contributed by atoms with Crippen LogP contribution in [0.25, 0.3) is 0 Å². The Morgan fingerprint density at radius 3 is 1.93 bits per heavy atom. The number of carboxylic acids is 3. The number of carboxylic acid groups (broad SMARTS) is 3. The average molecular weight is 623 g/mol. The van der Waals surface area contributed by atoms with Crippen molar-refractivity contribution in [1.29, 1.82) is 0 Å². The standard InChI is InChI=1S/C21H31N3O5.C9H15NO3S/c22-13-5-4-9-16(19(25)24-14-6-10-18(24)21(28)29)23-17(20(26)27)12-11-15-7-2-1-3-8-15;1-6(5-14)8(11)10-4-2-3-7(10)9(12)13/h1-3,7-8,16-18,23H,4-6,9-14,22H2,(H,26,27)(H,28,29);6-7,14H,2-5H2,1H3,(H,12,13)/t16-,17-,18-;6-,7+/m01/s1. The number of hydrogen-bond acceptors (Lipinski definition) is 8. The van der Waals surface area contributed by atoms with E-state index in [1.807, 2.05) is 30.3 Å². The number of nitrogens with one attached hydrogen (secondary N) is 1. The van der Waals surface area contributed by atoms with Crippen LogP contribution in [0.5, 0.6) is 0 Å². The van der Waals surface area contributed by atoms with Crippen molar-refractivity contribution >= 4 is 42.4 Å². The maximum atomic E-state index is 13.1. The molecule has 12 nitrogen and oxygen atoms in total. The third-order valence-electron chi connectivity index (χ3n) is 7.85. The fourth-order valence-corrected chi connectivity index (χ4v) is 5.54. The molecule has 0 radical (unpaired) electrons. The summed E-state index contributed by atoms with van der Waals surface area (Å²) in [6, 6.07) is 6.48. The molecular weight excluding hydrogens is 576 g/mol. The fourth-order valence-electron chi connectivity index (χ4n) is 5.38. The summed E-state index contributed by atoms with van der Waals surface area (Å²) in [5, 5.41) is 30.9. The van der Waals surface area contributed by atoms with Gasteiger partial charge in [0.05, 0.1) is 6.04 Å². The van der Waals surface area contributed by atoms with E-state index in [1.54, 1.807) is 6.92 Å². The molecule has 5 atom stereocenters. The van der Waals surface area contributed by atoms with Crippen molar-refractivity contribution in [3.8, 4) is 0 Å². The lowest BCUT2D eigenvalue weighted by atomic mass is 10.0. The number of nitrogens with zero attached hydrogens (tertiary/aromatic N) is 2. The third-order valence-corrected chi connectivity index (χ3v) is 8.40. The minimum Gasteiger partial charge on any atom is -0.480 e. The number of hydrogen-bond donors (Lipinski definition) is 6. The SMILES string of the molecule is C[C@H](CS)C(=O)N1CCC[C@H]1C(=O)O.NCCCC[C@H](N[C@@H](CCc1ccccc1)C(=O)O)C(=O)N1CCC[C@H]1C(=O)O. The molecule has 2 fully saturated rings. The second kappa shape index (κ2) is 18.5. The van der Waals surface area contributed by atoms with Crippen molar-refractivity contribution in [1.82, 2.24) is 15.1 Å². The summed E-state index contributed by atoms with van der Waals surface area (Å²) in [6.07, 6.45) is 5.11. The molecule has 13 heteroatoms. The Balaban J connectivity index is 0.000000385. The highest BCUT2D eigenvalue weighted by Crippen LogP contribution is 2.21. The van der Waals surface area contributed by atoms with Gasteiger partial charge in [-0.1, -0.05) is 43.7 Å². The summed E-state index contributed by atoms with van der Waals surface area (Å²) in [5.74, 6) is -3.10. The number of thiol groups is 1. The van der Waals surface area contributed by atoms with E-state index in [2.05, 4.69) is 17.9 Å². The zero-order chi connectivity index (χ0) is 31.9. The van der Waals surface area contributed by atoms with E-state index in [4.69, 9.17) is 10.8 Å². The summed E-state index contributed by atoms with van der Waals surface area (Å²) >= 11 is 4.03. The number of aliphatic carboxylic acids is 3. The number of aryl methyl sites for hydroxylation is 1. The Morgan fingerprint density at radius 1 is 0.884 bits per heavy atom. The predicted octanol–water partition coefficient (Wildman–Crippen LogP) is 1.86. The lowest BCUT2D eigenvalue weighted by molar-refractivity contribution is -0.149. The van der Waals surface area contributed by atoms with Crippen LogP contribution < -0.4 is 11.1 Å². The summed E-state index contributed by atoms with van der Waals surface area (Å²) in [4.78, 5) is 61.7. The molecule has 1 aromatic rings. The minimum absolute atomic E-state index is 0.0927. The predicted molar refractivity (Wildman–Crippen MR) is 164 cm³/mol. The highest BCUT2D eigenvalue weighted by molar-refractivity contribution is 7.80. The number of amides is 2. The molecule has 43 heavy (non-hydrogen) atoms. The number of likely N-dealkylation sites (tertiary alicyclic amines) is 2. The van der Waals surface area contributed by atoms with Gasteiger partial charge in [0.25, 0.3) is 0 Å². The molecule has 0 saturated carbocycles. The Kier molecular flexibility index (Phi) is 15.5. The van der Waals surface area contributed by atoms with Crippen LogP contribution in [-0.2, 0) is 30.4 Å². The second-order valence-electron chi connectivity index (χ2n) is 11.1. The Labute approximate surface area is 258 Å². The number of nitrogens with two attached hydrogens (primary N) is 1. The molecule has 0 unspecified atom stereocenters. The van der Waals surface area contributed by atoms with Crippen LogP contribution in [0.15, 0.2) is 30.3 Å². The molecule has 0 bridgehead atoms. The maximum Gasteiger partial charge on any atom is 0.326 e. The van der Waals surface area contributed by atoms with Crippen LogP contribution >= 0.6 is 12.6 Å². The first kappa shape index (κ1) is 36.0. The minimum atomic E-state index is -1.02. The van der Waals surface area contributed by atoms with Gasteiger partial charge in [0.1, 0.15) is 18.1 Å². The van der Waals surface area contributed by atoms with Gasteiger partial charge in [-0.15, -0.1) is 0 Å². The van der Waals surface area contributed by atoms with E-state index in [0.717, 1.165) is 18.4 Å². The summed E-state index contributed by atoms with van der Waals surface area (Å²) in [5.41, 5.74) is 6.57. The normalized spacial score (nSPS) is 20.1. The molecule has 2 aliphatic rings. The van der Waals surface area contributed by atoms with E-state index in [-0.39, 0.29) is 17.7 Å². The molecule has 2 amide bonds. The summed E-state index contributed by atoms with van der Waals surface area (Å²) in [6.45, 7) is 3.20. The summed E-state index contributed by atoms with van der Waals surface area (Å²) < 4.78 is 0. The Hall–Kier alpha value is -3.16. The van der Waals surface area contributed by atoms with Gasteiger partial charge in [-0.3, -0.25) is 19.7 Å². The van der Waals surface area contributed by atoms with Crippen molar-refractivity contribution in [3.63, 3.8) is 0 Å². The van der Waals surface area contributed by atoms with Crippen molar-refractivity contribution < 1.29 is 39.3 Å². The number of rotatable bonds is 15. The molecule has 0 aromatic heterocycles. The Bertz CT molecular complexity index is 1080. The Morgan fingerprint density at radius 2 is 1.44 bits per heavy atom. The third kappa shape index (κ3) is 11.1. The number of carbonyl (C=O) groups excluding carboxylic acids is 2. The van der Waals surface area contributed by atoms with Crippen LogP contribution in [0, 0.1) is 5.92 Å². The molecule has 1 aromatic carbocycles. The highest BCUT2D eigenvalue weighted by atomic mass is 32.1. The molecule has 3 rings (SSSR count). The quantitative estimate of drug-likeness (QED) is 0.124. The molecule has 2 saturated heterocycles. The second-order valence-corrected chi connectivity index (χ2v) is 11.4. The fraction of sp³-hybridized carbons (Fsp3) is 0.633. The van der Waals surface area contributed by atoms with Crippen LogP contribution in [0.2, 0.25) is 0 Å². The van der Waals surface area contributed by atoms with Crippen LogP contribution in [0.1, 0.15) is 63.9 Å². The molecule has 0 spiro atoms. The monoisotopic (exact) mass is 622 g/mol. The van der Waals surface area contributed by atoms with E-state index in [9.17, 15) is 34.2 Å². The largest absolute Gasteiger partial charge is 0.480 e. The van der Waals surface area contributed by atoms with Crippen molar-refractivity contribution in [2.75, 3.05) is 25.4 Å². The van der Waals surface area contributed by atoms with E-state index in [1.165, 1.54) is 9.80 Å². The smallest absolute Gasteiger partial charge is 0.326 e. The van der Waals surface area contributed by atoms with Crippen LogP contribution in [0.3, 0.4) is 0 Å². The maximum absolute atomic E-state index is 13.1. The van der Waals surface area contributed by atoms with Gasteiger partial charge in [-0.2, -0.15) is 12.6 Å². The lowest BCUT2D eigenvalue weighted by Gasteiger charge is -2.29. The highest BCUT2D eigenvalue weighted by Gasteiger charge is 2.38. The zero-order valence-electron chi connectivity index (χ0n) is 24.8. The number of carbonyl (C=O) groups is 5. The van der Waals surface area contributed by atoms with E-state index >= 15 is 0 Å². The first-order valence-corrected chi connectivity index (χ1v) is 15.5. The van der Waals surface area contributed by atoms with Gasteiger partial charge in [-0.05, 0) is 63.5 Å². The van der Waals surface area contributed by atoms with Crippen molar-refractivity contribution in [3.05, 3.63) is 35.9 Å². The molecule has 6 N–H and O–H groups in total. The zero-order valence-corrected chi connectivity index (χ0v) is 25.7. The van der Waals surface area contributed by atoms with Gasteiger partial charge in [-0.25, -0.2) is 9.59 Å². The van der Waals surface area contributed by atoms with E-state index < -0.39 is 42.1 Å². The molecule has 2 aliphatic heterocycles. The van der Waals surface area contributed by atoms with Crippen LogP contribution in [0.4, 0.5) is 0 Å². The molecular formula is C30H46N4O8S. The van der Waals surface area contributed by atoms with Crippen LogP contribution in [-0.4, -0.2) is 104 Å². The van der Waals surface area contributed by atoms with Gasteiger partial charge < -0.3 is 30.9 Å². The van der Waals surface area contributed by atoms with Gasteiger partial charge in [0, 0.05) is 24.8 Å². The van der Waals surface area contributed by atoms with Gasteiger partial charge in [0.15, 0.2) is 0 Å². The lowest BCUT2D eigenvalue weighted by Crippen LogP contribution is -2.54. The van der Waals surface area contributed by atoms with Gasteiger partial charge >= 0.3 is 17.9 Å².